The van der Waals surface area contributed by atoms with Gasteiger partial charge in [-0.3, -0.25) is 0 Å². The predicted octanol–water partition coefficient (Wildman–Crippen LogP) is 7.52. The van der Waals surface area contributed by atoms with Gasteiger partial charge in [-0.05, 0) is 76.7 Å². The average Bonchev–Trinajstić information content (AvgIpc) is 2.97. The number of alkyl halides is 2. The van der Waals surface area contributed by atoms with E-state index in [0.29, 0.717) is 12.8 Å². The lowest BCUT2D eigenvalue weighted by molar-refractivity contribution is -0.0229. The molecular weight excluding hydrogens is 405 g/mol. The normalized spacial score (nSPS) is 18.6. The first-order chi connectivity index (χ1) is 15.1. The van der Waals surface area contributed by atoms with Crippen LogP contribution < -0.4 is 0 Å². The second-order valence-corrected chi connectivity index (χ2v) is 10.2. The summed E-state index contributed by atoms with van der Waals surface area (Å²) in [6.07, 6.45) is 3.16. The summed E-state index contributed by atoms with van der Waals surface area (Å²) in [7, 11) is -0.612. The van der Waals surface area contributed by atoms with E-state index in [1.807, 2.05) is 76.2 Å². The van der Waals surface area contributed by atoms with E-state index in [1.54, 1.807) is 0 Å². The monoisotopic (exact) mass is 442 g/mol. The fraction of sp³-hybridized carbons (Fsp3) is 0.556. The topological polar surface area (TPSA) is 18.5 Å². The third-order valence-corrected chi connectivity index (χ3v) is 6.96. The van der Waals surface area contributed by atoms with Crippen molar-refractivity contribution in [1.29, 1.82) is 0 Å². The molecule has 1 aliphatic rings. The van der Waals surface area contributed by atoms with Crippen LogP contribution in [-0.4, -0.2) is 24.2 Å². The van der Waals surface area contributed by atoms with E-state index in [4.69, 9.17) is 9.31 Å². The van der Waals surface area contributed by atoms with Gasteiger partial charge < -0.3 is 9.31 Å². The summed E-state index contributed by atoms with van der Waals surface area (Å²) in [5.41, 5.74) is 1.32. The number of rotatable bonds is 11. The predicted molar refractivity (Wildman–Crippen MR) is 128 cm³/mol. The van der Waals surface area contributed by atoms with Crippen LogP contribution in [0.25, 0.3) is 0 Å². The quantitative estimate of drug-likeness (QED) is 0.265. The van der Waals surface area contributed by atoms with Gasteiger partial charge >= 0.3 is 7.12 Å². The van der Waals surface area contributed by atoms with Gasteiger partial charge in [0.05, 0.1) is 11.2 Å². The molecule has 0 radical (unpaired) electrons. The maximum atomic E-state index is 15.1. The van der Waals surface area contributed by atoms with E-state index in [-0.39, 0.29) is 18.7 Å². The van der Waals surface area contributed by atoms with Gasteiger partial charge in [-0.2, -0.15) is 0 Å². The van der Waals surface area contributed by atoms with Crippen molar-refractivity contribution in [1.82, 2.24) is 0 Å². The highest BCUT2D eigenvalue weighted by Gasteiger charge is 2.54. The van der Waals surface area contributed by atoms with Gasteiger partial charge in [0.2, 0.25) is 5.92 Å². The van der Waals surface area contributed by atoms with Crippen molar-refractivity contribution in [3.8, 4) is 0 Å². The molecule has 0 saturated carbocycles. The Hall–Kier alpha value is -1.72. The lowest BCUT2D eigenvalue weighted by Gasteiger charge is -2.32. The second kappa shape index (κ2) is 10.5. The summed E-state index contributed by atoms with van der Waals surface area (Å²) < 4.78 is 42.5. The molecule has 1 saturated heterocycles. The largest absolute Gasteiger partial charge is 0.461 e. The molecule has 0 N–H and O–H groups in total. The van der Waals surface area contributed by atoms with Crippen LogP contribution in [0.1, 0.15) is 70.9 Å². The lowest BCUT2D eigenvalue weighted by Crippen LogP contribution is -2.41. The Bertz CT molecular complexity index is 808. The van der Waals surface area contributed by atoms with Gasteiger partial charge in [0, 0.05) is 12.8 Å². The minimum atomic E-state index is -2.73. The molecule has 1 heterocycles. The maximum absolute atomic E-state index is 15.1. The zero-order valence-electron chi connectivity index (χ0n) is 20.0. The number of halogens is 2. The Labute approximate surface area is 192 Å². The molecule has 1 aliphatic heterocycles. The molecule has 0 aromatic heterocycles. The molecule has 2 aromatic carbocycles. The molecule has 0 bridgehead atoms. The first-order valence-electron chi connectivity index (χ1n) is 11.9. The summed E-state index contributed by atoms with van der Waals surface area (Å²) >= 11 is 0. The van der Waals surface area contributed by atoms with Gasteiger partial charge in [0.1, 0.15) is 0 Å². The summed E-state index contributed by atoms with van der Waals surface area (Å²) in [5.74, 6) is -3.10. The average molecular weight is 442 g/mol. The SMILES string of the molecule is CC1(C)OB([C@@H](CCc2ccccc2)CC(F)(F)CCCCc2ccccc2)OC1(C)C. The van der Waals surface area contributed by atoms with Crippen LogP contribution in [-0.2, 0) is 22.2 Å². The van der Waals surface area contributed by atoms with Crippen molar-refractivity contribution < 1.29 is 18.1 Å². The van der Waals surface area contributed by atoms with Crippen LogP contribution >= 0.6 is 0 Å². The summed E-state index contributed by atoms with van der Waals surface area (Å²) in [4.78, 5) is 0. The van der Waals surface area contributed by atoms with Crippen LogP contribution in [0.4, 0.5) is 8.78 Å². The van der Waals surface area contributed by atoms with Crippen LogP contribution in [0.2, 0.25) is 5.82 Å². The van der Waals surface area contributed by atoms with Crippen molar-refractivity contribution >= 4 is 7.12 Å². The van der Waals surface area contributed by atoms with Crippen LogP contribution in [0.3, 0.4) is 0 Å². The maximum Gasteiger partial charge on any atom is 0.461 e. The molecule has 0 spiro atoms. The van der Waals surface area contributed by atoms with Crippen LogP contribution in [0.5, 0.6) is 0 Å². The number of unbranched alkanes of at least 4 members (excludes halogenated alkanes) is 1. The van der Waals surface area contributed by atoms with E-state index < -0.39 is 24.2 Å². The summed E-state index contributed by atoms with van der Waals surface area (Å²) in [6.45, 7) is 7.90. The van der Waals surface area contributed by atoms with E-state index in [1.165, 1.54) is 5.56 Å². The van der Waals surface area contributed by atoms with E-state index >= 15 is 8.78 Å². The van der Waals surface area contributed by atoms with Crippen molar-refractivity contribution in [2.45, 2.75) is 95.6 Å². The van der Waals surface area contributed by atoms with Crippen LogP contribution in [0, 0.1) is 0 Å². The zero-order valence-corrected chi connectivity index (χ0v) is 20.0. The van der Waals surface area contributed by atoms with E-state index in [2.05, 4.69) is 12.1 Å². The smallest absolute Gasteiger partial charge is 0.403 e. The Morgan fingerprint density at radius 3 is 1.81 bits per heavy atom. The highest BCUT2D eigenvalue weighted by molar-refractivity contribution is 6.47. The fourth-order valence-corrected chi connectivity index (χ4v) is 4.26. The standard InChI is InChI=1S/C27H37BF2O2/c1-25(2)26(3,4)32-28(31-25)24(19-18-23-15-9-6-10-16-23)21-27(29,30)20-12-11-17-22-13-7-5-8-14-22/h5-10,13-16,24H,11-12,17-21H2,1-4H3/t24-/m0/s1. The molecule has 3 rings (SSSR count). The van der Waals surface area contributed by atoms with Crippen molar-refractivity contribution in [3.63, 3.8) is 0 Å². The highest BCUT2D eigenvalue weighted by Crippen LogP contribution is 2.44. The van der Waals surface area contributed by atoms with E-state index in [9.17, 15) is 0 Å². The van der Waals surface area contributed by atoms with Gasteiger partial charge in [-0.1, -0.05) is 60.7 Å². The Morgan fingerprint density at radius 2 is 1.28 bits per heavy atom. The first-order valence-corrected chi connectivity index (χ1v) is 11.9. The van der Waals surface area contributed by atoms with Crippen LogP contribution in [0.15, 0.2) is 60.7 Å². The molecule has 0 aliphatic carbocycles. The minimum absolute atomic E-state index is 0.0961. The van der Waals surface area contributed by atoms with Gasteiger partial charge in [0.25, 0.3) is 0 Å². The third kappa shape index (κ3) is 6.89. The number of hydrogen-bond donors (Lipinski definition) is 0. The Balaban J connectivity index is 1.60. The van der Waals surface area contributed by atoms with Gasteiger partial charge in [-0.25, -0.2) is 8.78 Å². The summed E-state index contributed by atoms with van der Waals surface area (Å²) in [6, 6.07) is 20.1. The van der Waals surface area contributed by atoms with Gasteiger partial charge in [0.15, 0.2) is 0 Å². The molecule has 5 heteroatoms. The molecule has 174 valence electrons. The van der Waals surface area contributed by atoms with E-state index in [0.717, 1.165) is 24.8 Å². The number of benzene rings is 2. The Kier molecular flexibility index (Phi) is 8.16. The molecule has 0 unspecified atom stereocenters. The van der Waals surface area contributed by atoms with Gasteiger partial charge in [-0.15, -0.1) is 0 Å². The fourth-order valence-electron chi connectivity index (χ4n) is 4.26. The highest BCUT2D eigenvalue weighted by atomic mass is 19.3. The minimum Gasteiger partial charge on any atom is -0.403 e. The molecule has 2 aromatic rings. The third-order valence-electron chi connectivity index (χ3n) is 6.96. The zero-order chi connectivity index (χ0) is 23.2. The Morgan fingerprint density at radius 1 is 0.781 bits per heavy atom. The molecule has 1 atom stereocenters. The summed E-state index contributed by atoms with van der Waals surface area (Å²) in [5, 5.41) is 0. The number of aryl methyl sites for hydroxylation is 2. The molecule has 2 nitrogen and oxygen atoms in total. The van der Waals surface area contributed by atoms with Crippen molar-refractivity contribution in [2.75, 3.05) is 0 Å². The molecule has 32 heavy (non-hydrogen) atoms. The molecular formula is C27H37BF2O2. The van der Waals surface area contributed by atoms with Crippen molar-refractivity contribution in [3.05, 3.63) is 71.8 Å². The lowest BCUT2D eigenvalue weighted by atomic mass is 9.66. The van der Waals surface area contributed by atoms with Crippen molar-refractivity contribution in [2.24, 2.45) is 0 Å². The molecule has 1 fully saturated rings. The second-order valence-electron chi connectivity index (χ2n) is 10.2. The molecule has 0 amide bonds. The number of hydrogen-bond acceptors (Lipinski definition) is 2. The first kappa shape index (κ1) is 24.9.